The highest BCUT2D eigenvalue weighted by atomic mass is 32.2. The molecule has 0 saturated carbocycles. The van der Waals surface area contributed by atoms with Crippen LogP contribution in [0.1, 0.15) is 6.92 Å². The van der Waals surface area contributed by atoms with Crippen LogP contribution in [-0.4, -0.2) is 34.1 Å². The Kier molecular flexibility index (Phi) is 5.29. The first-order valence-corrected chi connectivity index (χ1v) is 10.2. The molecule has 0 fully saturated rings. The van der Waals surface area contributed by atoms with Gasteiger partial charge in [0, 0.05) is 17.7 Å². The Hall–Kier alpha value is -2.22. The van der Waals surface area contributed by atoms with E-state index in [9.17, 15) is 0 Å². The van der Waals surface area contributed by atoms with Gasteiger partial charge < -0.3 is 9.15 Å². The lowest BCUT2D eigenvalue weighted by Gasteiger charge is -2.06. The van der Waals surface area contributed by atoms with Gasteiger partial charge in [0.25, 0.3) is 5.22 Å². The molecule has 0 aliphatic rings. The Labute approximate surface area is 159 Å². The van der Waals surface area contributed by atoms with E-state index in [4.69, 9.17) is 14.1 Å². The number of hydrogen-bond donors (Lipinski definition) is 0. The summed E-state index contributed by atoms with van der Waals surface area (Å²) < 4.78 is 11.2. The van der Waals surface area contributed by atoms with Crippen molar-refractivity contribution in [1.29, 1.82) is 0 Å². The van der Waals surface area contributed by atoms with Gasteiger partial charge in [-0.25, -0.2) is 4.98 Å². The average molecular weight is 383 g/mol. The maximum atomic E-state index is 5.89. The first-order chi connectivity index (χ1) is 12.8. The molecule has 7 heteroatoms. The molecular weight excluding hydrogens is 366 g/mol. The summed E-state index contributed by atoms with van der Waals surface area (Å²) in [6, 6.07) is 14.1. The number of fused-ring (bicyclic) bond motifs is 1. The van der Waals surface area contributed by atoms with E-state index in [-0.39, 0.29) is 0 Å². The Morgan fingerprint density at radius 3 is 2.92 bits per heavy atom. The van der Waals surface area contributed by atoms with E-state index in [0.717, 1.165) is 32.8 Å². The third-order valence-electron chi connectivity index (χ3n) is 3.78. The van der Waals surface area contributed by atoms with E-state index in [2.05, 4.69) is 16.3 Å². The van der Waals surface area contributed by atoms with Crippen LogP contribution in [0.4, 0.5) is 0 Å². The number of hydrogen-bond acceptors (Lipinski definition) is 7. The fourth-order valence-electron chi connectivity index (χ4n) is 2.61. The van der Waals surface area contributed by atoms with Crippen LogP contribution < -0.4 is 0 Å². The third kappa shape index (κ3) is 3.65. The Balaban J connectivity index is 1.70. The molecule has 3 aromatic heterocycles. The molecule has 5 nitrogen and oxygen atoms in total. The van der Waals surface area contributed by atoms with Crippen molar-refractivity contribution >= 4 is 34.0 Å². The predicted molar refractivity (Wildman–Crippen MR) is 106 cm³/mol. The molecule has 0 atom stereocenters. The van der Waals surface area contributed by atoms with E-state index in [1.54, 1.807) is 11.3 Å². The molecule has 0 amide bonds. The van der Waals surface area contributed by atoms with Gasteiger partial charge in [0.05, 0.1) is 28.3 Å². The minimum atomic E-state index is 0.514. The number of ether oxygens (including phenoxy) is 1. The first-order valence-electron chi connectivity index (χ1n) is 8.33. The van der Waals surface area contributed by atoms with Crippen molar-refractivity contribution in [2.75, 3.05) is 19.0 Å². The summed E-state index contributed by atoms with van der Waals surface area (Å²) in [5.41, 5.74) is 2.73. The van der Waals surface area contributed by atoms with E-state index in [1.807, 2.05) is 48.7 Å². The van der Waals surface area contributed by atoms with Crippen LogP contribution in [0.3, 0.4) is 0 Å². The number of pyridine rings is 1. The van der Waals surface area contributed by atoms with Gasteiger partial charge in [0.1, 0.15) is 0 Å². The van der Waals surface area contributed by atoms with Crippen LogP contribution in [0.2, 0.25) is 0 Å². The van der Waals surface area contributed by atoms with Crippen molar-refractivity contribution in [3.8, 4) is 22.0 Å². The molecular formula is C19H17N3O2S2. The quantitative estimate of drug-likeness (QED) is 0.325. The number of para-hydroxylation sites is 1. The maximum absolute atomic E-state index is 5.89. The fraction of sp³-hybridized carbons (Fsp3) is 0.211. The molecule has 132 valence electrons. The van der Waals surface area contributed by atoms with Crippen LogP contribution in [0.5, 0.6) is 0 Å². The number of rotatable bonds is 7. The first kappa shape index (κ1) is 17.2. The van der Waals surface area contributed by atoms with Gasteiger partial charge in [-0.05, 0) is 30.5 Å². The zero-order valence-electron chi connectivity index (χ0n) is 14.2. The van der Waals surface area contributed by atoms with Crippen LogP contribution in [0.25, 0.3) is 32.9 Å². The molecule has 0 spiro atoms. The molecule has 0 aliphatic carbocycles. The summed E-state index contributed by atoms with van der Waals surface area (Å²) >= 11 is 3.17. The molecule has 0 N–H and O–H groups in total. The largest absolute Gasteiger partial charge is 0.411 e. The molecule has 26 heavy (non-hydrogen) atoms. The van der Waals surface area contributed by atoms with E-state index >= 15 is 0 Å². The van der Waals surface area contributed by atoms with Gasteiger partial charge in [-0.1, -0.05) is 36.0 Å². The lowest BCUT2D eigenvalue weighted by Crippen LogP contribution is -1.95. The smallest absolute Gasteiger partial charge is 0.276 e. The Morgan fingerprint density at radius 2 is 2.08 bits per heavy atom. The van der Waals surface area contributed by atoms with Gasteiger partial charge in [-0.15, -0.1) is 21.5 Å². The van der Waals surface area contributed by atoms with Gasteiger partial charge in [-0.2, -0.15) is 0 Å². The van der Waals surface area contributed by atoms with E-state index in [0.29, 0.717) is 24.3 Å². The van der Waals surface area contributed by atoms with Gasteiger partial charge in [0.15, 0.2) is 0 Å². The number of thiophene rings is 1. The lowest BCUT2D eigenvalue weighted by atomic mass is 10.1. The van der Waals surface area contributed by atoms with Crippen molar-refractivity contribution in [3.05, 3.63) is 47.8 Å². The van der Waals surface area contributed by atoms with Crippen LogP contribution in [0, 0.1) is 0 Å². The summed E-state index contributed by atoms with van der Waals surface area (Å²) in [5, 5.41) is 12.0. The fourth-order valence-corrected chi connectivity index (χ4v) is 3.91. The molecule has 0 unspecified atom stereocenters. The molecule has 3 heterocycles. The van der Waals surface area contributed by atoms with Crippen molar-refractivity contribution in [3.63, 3.8) is 0 Å². The predicted octanol–water partition coefficient (Wildman–Crippen LogP) is 5.14. The number of benzene rings is 1. The zero-order chi connectivity index (χ0) is 17.8. The van der Waals surface area contributed by atoms with Gasteiger partial charge in [-0.3, -0.25) is 0 Å². The summed E-state index contributed by atoms with van der Waals surface area (Å²) in [5.74, 6) is 1.30. The second-order valence-electron chi connectivity index (χ2n) is 5.47. The molecule has 4 rings (SSSR count). The highest BCUT2D eigenvalue weighted by Crippen LogP contribution is 2.33. The Bertz CT molecular complexity index is 999. The SMILES string of the molecule is CCOCCSc1nnc(-c2cc(-c3cccs3)nc3ccccc23)o1. The van der Waals surface area contributed by atoms with Crippen molar-refractivity contribution in [2.45, 2.75) is 12.1 Å². The summed E-state index contributed by atoms with van der Waals surface area (Å²) in [4.78, 5) is 5.89. The summed E-state index contributed by atoms with van der Waals surface area (Å²) in [7, 11) is 0. The number of thioether (sulfide) groups is 1. The third-order valence-corrected chi connectivity index (χ3v) is 5.46. The highest BCUT2D eigenvalue weighted by molar-refractivity contribution is 7.99. The lowest BCUT2D eigenvalue weighted by molar-refractivity contribution is 0.164. The van der Waals surface area contributed by atoms with E-state index < -0.39 is 0 Å². The molecule has 0 radical (unpaired) electrons. The number of nitrogens with zero attached hydrogens (tertiary/aromatic N) is 3. The minimum Gasteiger partial charge on any atom is -0.411 e. The normalized spacial score (nSPS) is 11.3. The average Bonchev–Trinajstić information content (AvgIpc) is 3.36. The van der Waals surface area contributed by atoms with Crippen LogP contribution in [-0.2, 0) is 4.74 Å². The van der Waals surface area contributed by atoms with Crippen molar-refractivity contribution in [1.82, 2.24) is 15.2 Å². The molecule has 0 bridgehead atoms. The maximum Gasteiger partial charge on any atom is 0.276 e. The van der Waals surface area contributed by atoms with Crippen molar-refractivity contribution < 1.29 is 9.15 Å². The zero-order valence-corrected chi connectivity index (χ0v) is 15.8. The molecule has 1 aromatic carbocycles. The van der Waals surface area contributed by atoms with Crippen molar-refractivity contribution in [2.24, 2.45) is 0 Å². The molecule has 0 aliphatic heterocycles. The van der Waals surface area contributed by atoms with Gasteiger partial charge in [0.2, 0.25) is 5.89 Å². The summed E-state index contributed by atoms with van der Waals surface area (Å²) in [6.07, 6.45) is 0. The molecule has 0 saturated heterocycles. The van der Waals surface area contributed by atoms with Crippen LogP contribution >= 0.6 is 23.1 Å². The minimum absolute atomic E-state index is 0.514. The standard InChI is InChI=1S/C19H17N3O2S2/c1-2-23-9-11-26-19-22-21-18(24-19)14-12-16(17-8-5-10-25-17)20-15-7-4-3-6-13(14)15/h3-8,10,12H,2,9,11H2,1H3. The number of aromatic nitrogens is 3. The molecule has 4 aromatic rings. The summed E-state index contributed by atoms with van der Waals surface area (Å²) in [6.45, 7) is 3.36. The van der Waals surface area contributed by atoms with Crippen LogP contribution in [0.15, 0.2) is 57.5 Å². The van der Waals surface area contributed by atoms with E-state index in [1.165, 1.54) is 11.8 Å². The monoisotopic (exact) mass is 383 g/mol. The topological polar surface area (TPSA) is 61.0 Å². The Morgan fingerprint density at radius 1 is 1.15 bits per heavy atom. The highest BCUT2D eigenvalue weighted by Gasteiger charge is 2.15. The second kappa shape index (κ2) is 7.99. The van der Waals surface area contributed by atoms with Gasteiger partial charge >= 0.3 is 0 Å². The second-order valence-corrected chi connectivity index (χ2v) is 7.46.